The molecule has 2 aromatic carbocycles. The number of benzene rings is 2. The minimum Gasteiger partial charge on any atom is -0.497 e. The van der Waals surface area contributed by atoms with Crippen LogP contribution in [0.4, 0.5) is 0 Å². The van der Waals surface area contributed by atoms with E-state index in [9.17, 15) is 0 Å². The van der Waals surface area contributed by atoms with Gasteiger partial charge in [0.1, 0.15) is 5.75 Å². The summed E-state index contributed by atoms with van der Waals surface area (Å²) in [5, 5.41) is 3.63. The first-order chi connectivity index (χ1) is 13.1. The van der Waals surface area contributed by atoms with Crippen LogP contribution < -0.4 is 10.1 Å². The summed E-state index contributed by atoms with van der Waals surface area (Å²) in [6, 6.07) is 19.3. The molecule has 3 nitrogen and oxygen atoms in total. The minimum absolute atomic E-state index is 0.0227. The van der Waals surface area contributed by atoms with E-state index in [0.29, 0.717) is 11.8 Å². The second-order valence-electron chi connectivity index (χ2n) is 8.19. The smallest absolute Gasteiger partial charge is 0.118 e. The number of hydrogen-bond acceptors (Lipinski definition) is 3. The molecular formula is C24H33NO2. The lowest BCUT2D eigenvalue weighted by Gasteiger charge is -2.39. The van der Waals surface area contributed by atoms with E-state index in [1.807, 2.05) is 0 Å². The summed E-state index contributed by atoms with van der Waals surface area (Å²) < 4.78 is 11.3. The Bertz CT molecular complexity index is 681. The van der Waals surface area contributed by atoms with E-state index in [0.717, 1.165) is 44.7 Å². The summed E-state index contributed by atoms with van der Waals surface area (Å²) in [4.78, 5) is 0. The first kappa shape index (κ1) is 19.9. The van der Waals surface area contributed by atoms with Crippen molar-refractivity contribution in [2.24, 2.45) is 5.92 Å². The highest BCUT2D eigenvalue weighted by Gasteiger charge is 2.33. The number of ether oxygens (including phenoxy) is 2. The van der Waals surface area contributed by atoms with Crippen molar-refractivity contribution in [3.63, 3.8) is 0 Å². The van der Waals surface area contributed by atoms with E-state index >= 15 is 0 Å². The lowest BCUT2D eigenvalue weighted by atomic mass is 9.75. The summed E-state index contributed by atoms with van der Waals surface area (Å²) in [5.41, 5.74) is 2.73. The number of hydrogen-bond donors (Lipinski definition) is 1. The van der Waals surface area contributed by atoms with Gasteiger partial charge in [-0.3, -0.25) is 0 Å². The van der Waals surface area contributed by atoms with Gasteiger partial charge in [-0.15, -0.1) is 0 Å². The molecule has 0 aromatic heterocycles. The Morgan fingerprint density at radius 2 is 1.85 bits per heavy atom. The predicted molar refractivity (Wildman–Crippen MR) is 111 cm³/mol. The molecule has 0 aliphatic carbocycles. The fourth-order valence-corrected chi connectivity index (χ4v) is 4.23. The van der Waals surface area contributed by atoms with Crippen molar-refractivity contribution in [1.29, 1.82) is 0 Å². The van der Waals surface area contributed by atoms with Crippen molar-refractivity contribution < 1.29 is 9.47 Å². The Labute approximate surface area is 164 Å². The van der Waals surface area contributed by atoms with Gasteiger partial charge < -0.3 is 14.8 Å². The lowest BCUT2D eigenvalue weighted by Crippen LogP contribution is -2.36. The molecule has 2 atom stereocenters. The molecule has 3 rings (SSSR count). The molecular weight excluding hydrogens is 334 g/mol. The van der Waals surface area contributed by atoms with Crippen LogP contribution in [0.25, 0.3) is 0 Å². The molecule has 0 amide bonds. The highest BCUT2D eigenvalue weighted by Crippen LogP contribution is 2.40. The third-order valence-electron chi connectivity index (χ3n) is 5.65. The topological polar surface area (TPSA) is 30.5 Å². The van der Waals surface area contributed by atoms with Gasteiger partial charge in [0.15, 0.2) is 0 Å². The van der Waals surface area contributed by atoms with Gasteiger partial charge in [-0.25, -0.2) is 0 Å². The van der Waals surface area contributed by atoms with Gasteiger partial charge in [-0.05, 0) is 74.8 Å². The van der Waals surface area contributed by atoms with Crippen LogP contribution in [-0.2, 0) is 11.3 Å². The van der Waals surface area contributed by atoms with Gasteiger partial charge in [0.2, 0.25) is 0 Å². The van der Waals surface area contributed by atoms with Gasteiger partial charge in [0.05, 0.1) is 12.7 Å². The van der Waals surface area contributed by atoms with Crippen LogP contribution in [0, 0.1) is 5.92 Å². The number of methoxy groups -OCH3 is 1. The summed E-state index contributed by atoms with van der Waals surface area (Å²) in [6.45, 7) is 7.25. The molecule has 1 aliphatic rings. The predicted octanol–water partition coefficient (Wildman–Crippen LogP) is 5.16. The van der Waals surface area contributed by atoms with Crippen LogP contribution in [0.3, 0.4) is 0 Å². The normalized spacial score (nSPS) is 20.2. The Kier molecular flexibility index (Phi) is 6.92. The third-order valence-corrected chi connectivity index (χ3v) is 5.65. The maximum Gasteiger partial charge on any atom is 0.118 e. The van der Waals surface area contributed by atoms with E-state index in [2.05, 4.69) is 73.8 Å². The molecule has 3 heteroatoms. The molecule has 146 valence electrons. The molecule has 0 spiro atoms. The van der Waals surface area contributed by atoms with Crippen LogP contribution in [-0.4, -0.2) is 25.9 Å². The van der Waals surface area contributed by atoms with Crippen LogP contribution in [0.5, 0.6) is 5.75 Å². The summed E-state index contributed by atoms with van der Waals surface area (Å²) >= 11 is 0. The minimum atomic E-state index is -0.0227. The van der Waals surface area contributed by atoms with Crippen molar-refractivity contribution in [2.45, 2.75) is 51.2 Å². The van der Waals surface area contributed by atoms with E-state index in [-0.39, 0.29) is 5.60 Å². The molecule has 2 aromatic rings. The molecule has 0 bridgehead atoms. The average Bonchev–Trinajstić information content (AvgIpc) is 2.68. The van der Waals surface area contributed by atoms with Crippen LogP contribution in [0.1, 0.15) is 50.2 Å². The largest absolute Gasteiger partial charge is 0.497 e. The Hall–Kier alpha value is -1.84. The van der Waals surface area contributed by atoms with Gasteiger partial charge in [-0.2, -0.15) is 0 Å². The number of nitrogens with one attached hydrogen (secondary N) is 1. The van der Waals surface area contributed by atoms with E-state index in [1.165, 1.54) is 11.1 Å². The highest BCUT2D eigenvalue weighted by atomic mass is 16.5. The third kappa shape index (κ3) is 5.82. The average molecular weight is 368 g/mol. The SMILES string of the molecule is COc1ccc([C@H](CCNCc2ccccc2)[C@H]2CCOC(C)(C)C2)cc1. The second kappa shape index (κ2) is 9.38. The monoisotopic (exact) mass is 367 g/mol. The summed E-state index contributed by atoms with van der Waals surface area (Å²) in [6.07, 6.45) is 3.39. The fraction of sp³-hybridized carbons (Fsp3) is 0.500. The van der Waals surface area contributed by atoms with Crippen molar-refractivity contribution >= 4 is 0 Å². The zero-order valence-electron chi connectivity index (χ0n) is 16.9. The van der Waals surface area contributed by atoms with Gasteiger partial charge in [0, 0.05) is 13.2 Å². The molecule has 1 fully saturated rings. The first-order valence-corrected chi connectivity index (χ1v) is 10.1. The molecule has 0 unspecified atom stereocenters. The second-order valence-corrected chi connectivity index (χ2v) is 8.19. The Balaban J connectivity index is 1.65. The first-order valence-electron chi connectivity index (χ1n) is 10.1. The van der Waals surface area contributed by atoms with Crippen molar-refractivity contribution in [1.82, 2.24) is 5.32 Å². The van der Waals surface area contributed by atoms with E-state index in [4.69, 9.17) is 9.47 Å². The van der Waals surface area contributed by atoms with E-state index < -0.39 is 0 Å². The zero-order chi connectivity index (χ0) is 19.1. The Morgan fingerprint density at radius 3 is 2.52 bits per heavy atom. The van der Waals surface area contributed by atoms with Crippen LogP contribution in [0.15, 0.2) is 54.6 Å². The maximum atomic E-state index is 5.97. The van der Waals surface area contributed by atoms with Crippen LogP contribution >= 0.6 is 0 Å². The molecule has 1 N–H and O–H groups in total. The maximum absolute atomic E-state index is 5.97. The number of rotatable bonds is 8. The van der Waals surface area contributed by atoms with Crippen molar-refractivity contribution in [3.05, 3.63) is 65.7 Å². The molecule has 0 radical (unpaired) electrons. The molecule has 27 heavy (non-hydrogen) atoms. The molecule has 1 heterocycles. The lowest BCUT2D eigenvalue weighted by molar-refractivity contribution is -0.0771. The van der Waals surface area contributed by atoms with Gasteiger partial charge in [-0.1, -0.05) is 42.5 Å². The fourth-order valence-electron chi connectivity index (χ4n) is 4.23. The highest BCUT2D eigenvalue weighted by molar-refractivity contribution is 5.30. The van der Waals surface area contributed by atoms with Crippen molar-refractivity contribution in [2.75, 3.05) is 20.3 Å². The zero-order valence-corrected chi connectivity index (χ0v) is 16.9. The van der Waals surface area contributed by atoms with Gasteiger partial charge in [0.25, 0.3) is 0 Å². The Morgan fingerprint density at radius 1 is 1.11 bits per heavy atom. The molecule has 1 saturated heterocycles. The molecule has 0 saturated carbocycles. The van der Waals surface area contributed by atoms with Crippen molar-refractivity contribution in [3.8, 4) is 5.75 Å². The summed E-state index contributed by atoms with van der Waals surface area (Å²) in [7, 11) is 1.72. The van der Waals surface area contributed by atoms with Gasteiger partial charge >= 0.3 is 0 Å². The van der Waals surface area contributed by atoms with E-state index in [1.54, 1.807) is 7.11 Å². The quantitative estimate of drug-likeness (QED) is 0.654. The molecule has 1 aliphatic heterocycles. The standard InChI is InChI=1S/C24H33NO2/c1-24(2)17-21(14-16-27-24)23(20-9-11-22(26-3)12-10-20)13-15-25-18-19-7-5-4-6-8-19/h4-12,21,23,25H,13-18H2,1-3H3/t21-,23-/m0/s1. The summed E-state index contributed by atoms with van der Waals surface area (Å²) in [5.74, 6) is 2.12. The van der Waals surface area contributed by atoms with Crippen LogP contribution in [0.2, 0.25) is 0 Å².